The van der Waals surface area contributed by atoms with Gasteiger partial charge in [-0.2, -0.15) is 0 Å². The fourth-order valence-corrected chi connectivity index (χ4v) is 5.49. The zero-order chi connectivity index (χ0) is 24.2. The third-order valence-corrected chi connectivity index (χ3v) is 7.49. The van der Waals surface area contributed by atoms with Crippen LogP contribution in [0.3, 0.4) is 0 Å². The molecular weight excluding hydrogens is 477 g/mol. The minimum atomic E-state index is -0.209. The van der Waals surface area contributed by atoms with Gasteiger partial charge in [-0.15, -0.1) is 0 Å². The van der Waals surface area contributed by atoms with Gasteiger partial charge in [0.1, 0.15) is 17.1 Å². The van der Waals surface area contributed by atoms with Crippen molar-refractivity contribution in [3.05, 3.63) is 52.0 Å². The van der Waals surface area contributed by atoms with Crippen LogP contribution in [0.4, 0.5) is 5.69 Å². The molecule has 2 N–H and O–H groups in total. The van der Waals surface area contributed by atoms with E-state index in [-0.39, 0.29) is 36.5 Å². The van der Waals surface area contributed by atoms with Gasteiger partial charge < -0.3 is 20.1 Å². The van der Waals surface area contributed by atoms with Crippen LogP contribution in [0.15, 0.2) is 36.4 Å². The molecule has 34 heavy (non-hydrogen) atoms. The number of nitrogens with one attached hydrogen (secondary N) is 2. The molecule has 2 aliphatic heterocycles. The summed E-state index contributed by atoms with van der Waals surface area (Å²) in [7, 11) is 3.08. The lowest BCUT2D eigenvalue weighted by Crippen LogP contribution is -2.58. The number of carbonyl (C=O) groups excluding carboxylic acids is 2. The van der Waals surface area contributed by atoms with E-state index in [1.807, 2.05) is 0 Å². The summed E-state index contributed by atoms with van der Waals surface area (Å²) in [5, 5.41) is 6.81. The van der Waals surface area contributed by atoms with Gasteiger partial charge in [0.2, 0.25) is 5.91 Å². The van der Waals surface area contributed by atoms with Crippen LogP contribution in [-0.2, 0) is 4.79 Å². The molecule has 0 aromatic heterocycles. The first-order valence-corrected chi connectivity index (χ1v) is 12.2. The summed E-state index contributed by atoms with van der Waals surface area (Å²) in [6, 6.07) is 10.9. The summed E-state index contributed by atoms with van der Waals surface area (Å²) in [5.74, 6) is 0.623. The molecule has 2 aromatic rings. The van der Waals surface area contributed by atoms with E-state index in [2.05, 4.69) is 15.5 Å². The van der Waals surface area contributed by atoms with Gasteiger partial charge in [-0.05, 0) is 49.9 Å². The largest absolute Gasteiger partial charge is 0.496 e. The molecule has 2 heterocycles. The minimum absolute atomic E-state index is 0.0131. The molecule has 2 unspecified atom stereocenters. The number of amides is 2. The number of benzene rings is 2. The number of halogens is 2. The third-order valence-electron chi connectivity index (χ3n) is 6.67. The van der Waals surface area contributed by atoms with Crippen molar-refractivity contribution in [2.24, 2.45) is 0 Å². The standard InChI is InChI=1S/C25H29Cl2N3O4/c1-33-20-10-5-11-21(34-2)23(20)25(32)28-15-12-16-6-3-7-17(13-15)30(16)14-22(31)29-19-9-4-8-18(26)24(19)27/h4-5,8-11,15-17H,3,6-7,12-14H2,1-2H3,(H,28,32)(H,29,31). The molecule has 182 valence electrons. The maximum absolute atomic E-state index is 13.1. The van der Waals surface area contributed by atoms with Gasteiger partial charge in [-0.3, -0.25) is 14.5 Å². The van der Waals surface area contributed by atoms with Crippen LogP contribution in [-0.4, -0.2) is 55.6 Å². The van der Waals surface area contributed by atoms with E-state index in [1.165, 1.54) is 14.2 Å². The van der Waals surface area contributed by atoms with Gasteiger partial charge >= 0.3 is 0 Å². The number of carbonyl (C=O) groups is 2. The molecule has 0 radical (unpaired) electrons. The first-order valence-electron chi connectivity index (χ1n) is 11.4. The van der Waals surface area contributed by atoms with Crippen LogP contribution in [0.2, 0.25) is 10.0 Å². The zero-order valence-corrected chi connectivity index (χ0v) is 20.8. The van der Waals surface area contributed by atoms with Crippen LogP contribution < -0.4 is 20.1 Å². The fourth-order valence-electron chi connectivity index (χ4n) is 5.14. The van der Waals surface area contributed by atoms with Crippen LogP contribution >= 0.6 is 23.2 Å². The van der Waals surface area contributed by atoms with Gasteiger partial charge in [0.05, 0.1) is 36.5 Å². The zero-order valence-electron chi connectivity index (χ0n) is 19.3. The molecule has 2 aliphatic rings. The molecule has 0 saturated carbocycles. The number of ether oxygens (including phenoxy) is 2. The van der Waals surface area contributed by atoms with Crippen molar-refractivity contribution in [1.82, 2.24) is 10.2 Å². The normalized spacial score (nSPS) is 22.1. The van der Waals surface area contributed by atoms with Crippen molar-refractivity contribution in [1.29, 1.82) is 0 Å². The lowest BCUT2D eigenvalue weighted by molar-refractivity contribution is -0.120. The second kappa shape index (κ2) is 10.8. The fraction of sp³-hybridized carbons (Fsp3) is 0.440. The van der Waals surface area contributed by atoms with Crippen LogP contribution in [0.1, 0.15) is 42.5 Å². The summed E-state index contributed by atoms with van der Waals surface area (Å²) in [5.41, 5.74) is 0.912. The quantitative estimate of drug-likeness (QED) is 0.566. The average molecular weight is 506 g/mol. The highest BCUT2D eigenvalue weighted by Crippen LogP contribution is 2.35. The van der Waals surface area contributed by atoms with Crippen molar-refractivity contribution < 1.29 is 19.1 Å². The van der Waals surface area contributed by atoms with E-state index in [9.17, 15) is 9.59 Å². The number of piperidine rings is 2. The Morgan fingerprint density at radius 3 is 2.24 bits per heavy atom. The Bertz CT molecular complexity index is 1030. The number of nitrogens with zero attached hydrogens (tertiary/aromatic N) is 1. The van der Waals surface area contributed by atoms with Crippen LogP contribution in [0, 0.1) is 0 Å². The summed E-state index contributed by atoms with van der Waals surface area (Å²) < 4.78 is 10.8. The number of hydrogen-bond donors (Lipinski definition) is 2. The summed E-state index contributed by atoms with van der Waals surface area (Å²) in [6.07, 6.45) is 4.67. The monoisotopic (exact) mass is 505 g/mol. The smallest absolute Gasteiger partial charge is 0.259 e. The molecule has 0 spiro atoms. The third kappa shape index (κ3) is 5.27. The van der Waals surface area contributed by atoms with E-state index < -0.39 is 0 Å². The molecule has 2 aromatic carbocycles. The number of fused-ring (bicyclic) bond motifs is 2. The van der Waals surface area contributed by atoms with Gasteiger partial charge in [0.25, 0.3) is 5.91 Å². The van der Waals surface area contributed by atoms with Crippen molar-refractivity contribution in [3.8, 4) is 11.5 Å². The van der Waals surface area contributed by atoms with E-state index in [1.54, 1.807) is 36.4 Å². The van der Waals surface area contributed by atoms with Crippen molar-refractivity contribution in [2.75, 3.05) is 26.1 Å². The molecule has 0 aliphatic carbocycles. The van der Waals surface area contributed by atoms with Crippen LogP contribution in [0.5, 0.6) is 11.5 Å². The lowest BCUT2D eigenvalue weighted by Gasteiger charge is -2.48. The molecule has 2 amide bonds. The molecule has 2 fully saturated rings. The van der Waals surface area contributed by atoms with E-state index in [0.29, 0.717) is 32.8 Å². The van der Waals surface area contributed by atoms with Gasteiger partial charge in [0.15, 0.2) is 0 Å². The Labute approximate surface area is 209 Å². The molecule has 4 rings (SSSR count). The predicted octanol–water partition coefficient (Wildman–Crippen LogP) is 4.76. The first-order chi connectivity index (χ1) is 16.4. The van der Waals surface area contributed by atoms with Gasteiger partial charge in [0, 0.05) is 18.1 Å². The molecule has 9 heteroatoms. The van der Waals surface area contributed by atoms with Crippen molar-refractivity contribution in [3.63, 3.8) is 0 Å². The molecule has 2 saturated heterocycles. The summed E-state index contributed by atoms with van der Waals surface area (Å²) >= 11 is 12.3. The topological polar surface area (TPSA) is 79.9 Å². The second-order valence-corrected chi connectivity index (χ2v) is 9.52. The number of hydrogen-bond acceptors (Lipinski definition) is 5. The average Bonchev–Trinajstić information content (AvgIpc) is 2.81. The number of rotatable bonds is 7. The van der Waals surface area contributed by atoms with E-state index in [4.69, 9.17) is 32.7 Å². The Morgan fingerprint density at radius 2 is 1.62 bits per heavy atom. The number of anilines is 1. The SMILES string of the molecule is COc1cccc(OC)c1C(=O)NC1CC2CCCC(C1)N2CC(=O)Nc1cccc(Cl)c1Cl. The summed E-state index contributed by atoms with van der Waals surface area (Å²) in [4.78, 5) is 28.2. The molecule has 2 atom stereocenters. The van der Waals surface area contributed by atoms with Gasteiger partial charge in [-0.1, -0.05) is 41.8 Å². The first kappa shape index (κ1) is 24.6. The highest BCUT2D eigenvalue weighted by Gasteiger charge is 2.40. The minimum Gasteiger partial charge on any atom is -0.496 e. The highest BCUT2D eigenvalue weighted by atomic mass is 35.5. The van der Waals surface area contributed by atoms with Crippen molar-refractivity contribution in [2.45, 2.75) is 50.2 Å². The Morgan fingerprint density at radius 1 is 1.00 bits per heavy atom. The Balaban J connectivity index is 1.41. The maximum atomic E-state index is 13.1. The van der Waals surface area contributed by atoms with Gasteiger partial charge in [-0.25, -0.2) is 0 Å². The number of methoxy groups -OCH3 is 2. The maximum Gasteiger partial charge on any atom is 0.259 e. The Hall–Kier alpha value is -2.48. The lowest BCUT2D eigenvalue weighted by atomic mass is 9.81. The second-order valence-electron chi connectivity index (χ2n) is 8.74. The van der Waals surface area contributed by atoms with Crippen molar-refractivity contribution >= 4 is 40.7 Å². The van der Waals surface area contributed by atoms with Crippen LogP contribution in [0.25, 0.3) is 0 Å². The predicted molar refractivity (Wildman–Crippen MR) is 133 cm³/mol. The molecule has 2 bridgehead atoms. The summed E-state index contributed by atoms with van der Waals surface area (Å²) in [6.45, 7) is 0.277. The highest BCUT2D eigenvalue weighted by molar-refractivity contribution is 6.44. The molecular formula is C25H29Cl2N3O4. The van der Waals surface area contributed by atoms with E-state index in [0.717, 1.165) is 32.1 Å². The van der Waals surface area contributed by atoms with E-state index >= 15 is 0 Å². The Kier molecular flexibility index (Phi) is 7.86. The molecule has 7 nitrogen and oxygen atoms in total.